The van der Waals surface area contributed by atoms with Gasteiger partial charge in [-0.15, -0.1) is 11.3 Å². The van der Waals surface area contributed by atoms with E-state index in [9.17, 15) is 0 Å². The number of halogens is 1. The molecule has 0 unspecified atom stereocenters. The number of rotatable bonds is 7. The lowest BCUT2D eigenvalue weighted by molar-refractivity contribution is 0.288. The van der Waals surface area contributed by atoms with Crippen LogP contribution in [0.2, 0.25) is 0 Å². The van der Waals surface area contributed by atoms with Crippen LogP contribution in [0.3, 0.4) is 0 Å². The van der Waals surface area contributed by atoms with Gasteiger partial charge in [0.1, 0.15) is 5.76 Å². The second-order valence-electron chi connectivity index (χ2n) is 5.31. The lowest BCUT2D eigenvalue weighted by Crippen LogP contribution is -2.23. The van der Waals surface area contributed by atoms with Crippen LogP contribution in [0, 0.1) is 0 Å². The smallest absolute Gasteiger partial charge is 0.122 e. The molecule has 0 aliphatic heterocycles. The van der Waals surface area contributed by atoms with Crippen molar-refractivity contribution in [1.29, 1.82) is 0 Å². The zero-order valence-corrected chi connectivity index (χ0v) is 14.6. The van der Waals surface area contributed by atoms with E-state index in [0.29, 0.717) is 6.04 Å². The molecule has 0 atom stereocenters. The van der Waals surface area contributed by atoms with Crippen molar-refractivity contribution in [3.8, 4) is 0 Å². The molecule has 5 heteroatoms. The van der Waals surface area contributed by atoms with Gasteiger partial charge in [0.15, 0.2) is 0 Å². The Balaban J connectivity index is 1.90. The number of hydrogen-bond donors (Lipinski definition) is 1. The quantitative estimate of drug-likeness (QED) is 0.804. The second kappa shape index (κ2) is 7.41. The summed E-state index contributed by atoms with van der Waals surface area (Å²) in [6.45, 7) is 6.94. The first-order valence-corrected chi connectivity index (χ1v) is 8.42. The Morgan fingerprint density at radius 2 is 2.20 bits per heavy atom. The van der Waals surface area contributed by atoms with Crippen LogP contribution in [0.5, 0.6) is 0 Å². The summed E-state index contributed by atoms with van der Waals surface area (Å²) in [5.41, 5.74) is 1.25. The monoisotopic (exact) mass is 356 g/mol. The number of nitrogens with zero attached hydrogens (tertiary/aromatic N) is 1. The maximum absolute atomic E-state index is 5.62. The Hall–Kier alpha value is -0.620. The van der Waals surface area contributed by atoms with Gasteiger partial charge in [-0.1, -0.05) is 13.8 Å². The summed E-state index contributed by atoms with van der Waals surface area (Å²) in [6, 6.07) is 4.71. The first-order chi connectivity index (χ1) is 9.54. The number of furan rings is 1. The van der Waals surface area contributed by atoms with E-state index >= 15 is 0 Å². The van der Waals surface area contributed by atoms with Crippen LogP contribution in [0.15, 0.2) is 32.7 Å². The van der Waals surface area contributed by atoms with Gasteiger partial charge in [-0.05, 0) is 35.1 Å². The van der Waals surface area contributed by atoms with Crippen LogP contribution >= 0.6 is 27.3 Å². The molecule has 0 aliphatic rings. The van der Waals surface area contributed by atoms with Gasteiger partial charge in [-0.25, -0.2) is 0 Å². The second-order valence-corrected chi connectivity index (χ2v) is 7.22. The van der Waals surface area contributed by atoms with E-state index in [4.69, 9.17) is 4.42 Å². The van der Waals surface area contributed by atoms with Crippen molar-refractivity contribution in [3.63, 3.8) is 0 Å². The maximum Gasteiger partial charge on any atom is 0.122 e. The number of hydrogen-bond acceptors (Lipinski definition) is 4. The Bertz CT molecular complexity index is 535. The first-order valence-electron chi connectivity index (χ1n) is 6.74. The standard InChI is InChI=1S/C15H21BrN2OS/c1-11(2)17-7-12-4-5-19-15(12)9-18(3)8-14-6-13(16)10-20-14/h4-6,10-11,17H,7-9H2,1-3H3. The van der Waals surface area contributed by atoms with Crippen LogP contribution in [0.1, 0.15) is 30.0 Å². The van der Waals surface area contributed by atoms with E-state index in [0.717, 1.165) is 29.9 Å². The molecule has 2 heterocycles. The lowest BCUT2D eigenvalue weighted by Gasteiger charge is -2.15. The predicted molar refractivity (Wildman–Crippen MR) is 87.9 cm³/mol. The molecule has 2 aromatic rings. The molecular formula is C15H21BrN2OS. The summed E-state index contributed by atoms with van der Waals surface area (Å²) in [7, 11) is 2.12. The van der Waals surface area contributed by atoms with E-state index in [1.165, 1.54) is 10.4 Å². The van der Waals surface area contributed by atoms with Gasteiger partial charge < -0.3 is 9.73 Å². The Morgan fingerprint density at radius 1 is 1.40 bits per heavy atom. The van der Waals surface area contributed by atoms with Crippen molar-refractivity contribution in [2.24, 2.45) is 0 Å². The molecular weight excluding hydrogens is 336 g/mol. The molecule has 0 bridgehead atoms. The highest BCUT2D eigenvalue weighted by Gasteiger charge is 2.10. The SMILES string of the molecule is CC(C)NCc1ccoc1CN(C)Cc1cc(Br)cs1. The Morgan fingerprint density at radius 3 is 2.85 bits per heavy atom. The zero-order valence-electron chi connectivity index (χ0n) is 12.1. The summed E-state index contributed by atoms with van der Waals surface area (Å²) in [5, 5.41) is 5.55. The highest BCUT2D eigenvalue weighted by Crippen LogP contribution is 2.22. The first kappa shape index (κ1) is 15.8. The number of thiophene rings is 1. The largest absolute Gasteiger partial charge is 0.468 e. The van der Waals surface area contributed by atoms with Crippen molar-refractivity contribution >= 4 is 27.3 Å². The van der Waals surface area contributed by atoms with Crippen molar-refractivity contribution in [3.05, 3.63) is 44.4 Å². The average Bonchev–Trinajstić information content (AvgIpc) is 2.96. The summed E-state index contributed by atoms with van der Waals surface area (Å²) in [6.07, 6.45) is 1.78. The van der Waals surface area contributed by atoms with Crippen LogP contribution in [0.4, 0.5) is 0 Å². The molecule has 20 heavy (non-hydrogen) atoms. The van der Waals surface area contributed by atoms with Crippen LogP contribution in [0.25, 0.3) is 0 Å². The Kier molecular flexibility index (Phi) is 5.84. The van der Waals surface area contributed by atoms with Gasteiger partial charge in [0.25, 0.3) is 0 Å². The Labute approximate surface area is 133 Å². The predicted octanol–water partition coefficient (Wildman–Crippen LogP) is 4.23. The van der Waals surface area contributed by atoms with Crippen molar-refractivity contribution in [1.82, 2.24) is 10.2 Å². The molecule has 0 radical (unpaired) electrons. The van der Waals surface area contributed by atoms with Crippen LogP contribution in [-0.4, -0.2) is 18.0 Å². The third-order valence-electron chi connectivity index (χ3n) is 3.00. The minimum atomic E-state index is 0.485. The van der Waals surface area contributed by atoms with E-state index in [1.807, 2.05) is 0 Å². The molecule has 110 valence electrons. The fourth-order valence-corrected chi connectivity index (χ4v) is 3.51. The maximum atomic E-state index is 5.62. The molecule has 3 nitrogen and oxygen atoms in total. The third kappa shape index (κ3) is 4.74. The van der Waals surface area contributed by atoms with Gasteiger partial charge in [-0.3, -0.25) is 4.90 Å². The lowest BCUT2D eigenvalue weighted by atomic mass is 10.2. The van der Waals surface area contributed by atoms with Gasteiger partial charge in [0.2, 0.25) is 0 Å². The molecule has 0 fully saturated rings. The molecule has 0 amide bonds. The van der Waals surface area contributed by atoms with Crippen molar-refractivity contribution < 1.29 is 4.42 Å². The summed E-state index contributed by atoms with van der Waals surface area (Å²) in [4.78, 5) is 3.63. The molecule has 0 saturated heterocycles. The zero-order chi connectivity index (χ0) is 14.5. The molecule has 1 N–H and O–H groups in total. The van der Waals surface area contributed by atoms with Gasteiger partial charge in [0, 0.05) is 39.4 Å². The molecule has 0 aliphatic carbocycles. The number of nitrogens with one attached hydrogen (secondary N) is 1. The third-order valence-corrected chi connectivity index (χ3v) is 4.68. The molecule has 2 aromatic heterocycles. The summed E-state index contributed by atoms with van der Waals surface area (Å²) < 4.78 is 6.78. The summed E-state index contributed by atoms with van der Waals surface area (Å²) >= 11 is 5.27. The van der Waals surface area contributed by atoms with Gasteiger partial charge in [-0.2, -0.15) is 0 Å². The minimum Gasteiger partial charge on any atom is -0.468 e. The van der Waals surface area contributed by atoms with E-state index in [2.05, 4.69) is 64.6 Å². The van der Waals surface area contributed by atoms with Crippen LogP contribution < -0.4 is 5.32 Å². The van der Waals surface area contributed by atoms with E-state index < -0.39 is 0 Å². The minimum absolute atomic E-state index is 0.485. The average molecular weight is 357 g/mol. The van der Waals surface area contributed by atoms with Crippen molar-refractivity contribution in [2.45, 2.75) is 39.5 Å². The topological polar surface area (TPSA) is 28.4 Å². The summed E-state index contributed by atoms with van der Waals surface area (Å²) in [5.74, 6) is 1.05. The fraction of sp³-hybridized carbons (Fsp3) is 0.467. The highest BCUT2D eigenvalue weighted by atomic mass is 79.9. The van der Waals surface area contributed by atoms with Crippen molar-refractivity contribution in [2.75, 3.05) is 7.05 Å². The van der Waals surface area contributed by atoms with Crippen LogP contribution in [-0.2, 0) is 19.6 Å². The molecule has 2 rings (SSSR count). The van der Waals surface area contributed by atoms with Gasteiger partial charge in [0.05, 0.1) is 12.8 Å². The molecule has 0 spiro atoms. The van der Waals surface area contributed by atoms with E-state index in [-0.39, 0.29) is 0 Å². The normalized spacial score (nSPS) is 11.7. The van der Waals surface area contributed by atoms with E-state index in [1.54, 1.807) is 17.6 Å². The molecule has 0 aromatic carbocycles. The molecule has 0 saturated carbocycles. The highest BCUT2D eigenvalue weighted by molar-refractivity contribution is 9.10. The van der Waals surface area contributed by atoms with Gasteiger partial charge >= 0.3 is 0 Å². The fourth-order valence-electron chi connectivity index (χ4n) is 1.98.